The molecule has 0 spiro atoms. The molecule has 0 radical (unpaired) electrons. The van der Waals surface area contributed by atoms with E-state index in [0.717, 1.165) is 16.9 Å². The number of aromatic nitrogens is 2. The van der Waals surface area contributed by atoms with Crippen LogP contribution in [0, 0.1) is 0 Å². The molecule has 1 atom stereocenters. The fourth-order valence-electron chi connectivity index (χ4n) is 3.03. The molecule has 0 saturated heterocycles. The minimum absolute atomic E-state index is 0.555. The van der Waals surface area contributed by atoms with Gasteiger partial charge in [0, 0.05) is 6.04 Å². The summed E-state index contributed by atoms with van der Waals surface area (Å²) in [6, 6.07) is 19.1. The average Bonchev–Trinajstić information content (AvgIpc) is 3.27. The first kappa shape index (κ1) is 12.6. The molecule has 21 heavy (non-hydrogen) atoms. The molecule has 2 aromatic carbocycles. The van der Waals surface area contributed by atoms with Crippen LogP contribution in [-0.4, -0.2) is 9.55 Å². The predicted octanol–water partition coefficient (Wildman–Crippen LogP) is 3.59. The van der Waals surface area contributed by atoms with Gasteiger partial charge in [-0.1, -0.05) is 42.5 Å². The summed E-state index contributed by atoms with van der Waals surface area (Å²) < 4.78 is 2.35. The third-order valence-corrected chi connectivity index (χ3v) is 4.35. The highest BCUT2D eigenvalue weighted by Gasteiger charge is 2.35. The Kier molecular flexibility index (Phi) is 2.66. The Morgan fingerprint density at radius 1 is 1.05 bits per heavy atom. The molecule has 4 rings (SSSR count). The van der Waals surface area contributed by atoms with E-state index in [0.29, 0.717) is 6.04 Å². The van der Waals surface area contributed by atoms with Gasteiger partial charge in [0.25, 0.3) is 0 Å². The summed E-state index contributed by atoms with van der Waals surface area (Å²) in [7, 11) is 0. The second kappa shape index (κ2) is 4.43. The Morgan fingerprint density at radius 3 is 2.43 bits per heavy atom. The maximum atomic E-state index is 6.71. The minimum Gasteiger partial charge on any atom is -0.323 e. The zero-order chi connectivity index (χ0) is 14.4. The maximum Gasteiger partial charge on any atom is 0.134 e. The van der Waals surface area contributed by atoms with E-state index in [4.69, 9.17) is 10.7 Å². The second-order valence-electron chi connectivity index (χ2n) is 6.09. The highest BCUT2D eigenvalue weighted by atomic mass is 15.2. The summed E-state index contributed by atoms with van der Waals surface area (Å²) in [5, 5.41) is 0. The monoisotopic (exact) mass is 277 g/mol. The van der Waals surface area contributed by atoms with E-state index >= 15 is 0 Å². The van der Waals surface area contributed by atoms with E-state index < -0.39 is 5.54 Å². The van der Waals surface area contributed by atoms with Crippen molar-refractivity contribution < 1.29 is 0 Å². The second-order valence-corrected chi connectivity index (χ2v) is 6.09. The first-order valence-electron chi connectivity index (χ1n) is 7.50. The molecule has 1 fully saturated rings. The molecular weight excluding hydrogens is 258 g/mol. The standard InChI is InChI=1S/C18H19N3/c1-18(19,13-7-3-2-4-8-13)17-20-15-9-5-6-10-16(15)21(17)14-11-12-14/h2-10,14H,11-12,19H2,1H3. The molecular formula is C18H19N3. The summed E-state index contributed by atoms with van der Waals surface area (Å²) in [4.78, 5) is 4.86. The maximum absolute atomic E-state index is 6.71. The van der Waals surface area contributed by atoms with Crippen LogP contribution in [-0.2, 0) is 5.54 Å². The molecule has 1 aliphatic carbocycles. The number of fused-ring (bicyclic) bond motifs is 1. The van der Waals surface area contributed by atoms with Gasteiger partial charge in [-0.05, 0) is 37.5 Å². The molecule has 2 N–H and O–H groups in total. The van der Waals surface area contributed by atoms with Gasteiger partial charge in [-0.25, -0.2) is 4.98 Å². The van der Waals surface area contributed by atoms with Crippen molar-refractivity contribution in [3.05, 3.63) is 66.0 Å². The van der Waals surface area contributed by atoms with Crippen LogP contribution in [0.25, 0.3) is 11.0 Å². The fraction of sp³-hybridized carbons (Fsp3) is 0.278. The van der Waals surface area contributed by atoms with Crippen LogP contribution in [0.15, 0.2) is 54.6 Å². The SMILES string of the molecule is CC(N)(c1ccccc1)c1nc2ccccc2n1C1CC1. The highest BCUT2D eigenvalue weighted by molar-refractivity contribution is 5.76. The number of nitrogens with zero attached hydrogens (tertiary/aromatic N) is 2. The first-order chi connectivity index (χ1) is 10.2. The van der Waals surface area contributed by atoms with Gasteiger partial charge in [0.1, 0.15) is 5.82 Å². The van der Waals surface area contributed by atoms with Gasteiger partial charge in [0.2, 0.25) is 0 Å². The van der Waals surface area contributed by atoms with E-state index in [-0.39, 0.29) is 0 Å². The Hall–Kier alpha value is -2.13. The summed E-state index contributed by atoms with van der Waals surface area (Å²) in [6.45, 7) is 2.06. The number of hydrogen-bond donors (Lipinski definition) is 1. The van der Waals surface area contributed by atoms with Crippen LogP contribution in [0.2, 0.25) is 0 Å². The summed E-state index contributed by atoms with van der Waals surface area (Å²) in [5.74, 6) is 0.970. The summed E-state index contributed by atoms with van der Waals surface area (Å²) in [6.07, 6.45) is 2.44. The van der Waals surface area contributed by atoms with Gasteiger partial charge in [-0.2, -0.15) is 0 Å². The lowest BCUT2D eigenvalue weighted by molar-refractivity contribution is 0.518. The van der Waals surface area contributed by atoms with Crippen LogP contribution in [0.3, 0.4) is 0 Å². The molecule has 0 bridgehead atoms. The summed E-state index contributed by atoms with van der Waals surface area (Å²) >= 11 is 0. The normalized spacial score (nSPS) is 17.8. The topological polar surface area (TPSA) is 43.8 Å². The number of nitrogens with two attached hydrogens (primary N) is 1. The van der Waals surface area contributed by atoms with E-state index in [1.165, 1.54) is 18.4 Å². The van der Waals surface area contributed by atoms with Gasteiger partial charge in [-0.15, -0.1) is 0 Å². The van der Waals surface area contributed by atoms with Gasteiger partial charge >= 0.3 is 0 Å². The largest absolute Gasteiger partial charge is 0.323 e. The van der Waals surface area contributed by atoms with Crippen molar-refractivity contribution >= 4 is 11.0 Å². The molecule has 1 unspecified atom stereocenters. The lowest BCUT2D eigenvalue weighted by Gasteiger charge is -2.26. The van der Waals surface area contributed by atoms with Crippen molar-refractivity contribution in [2.45, 2.75) is 31.3 Å². The Bertz CT molecular complexity index is 783. The predicted molar refractivity (Wildman–Crippen MR) is 85.1 cm³/mol. The minimum atomic E-state index is -0.580. The van der Waals surface area contributed by atoms with Crippen molar-refractivity contribution in [3.63, 3.8) is 0 Å². The van der Waals surface area contributed by atoms with Crippen LogP contribution in [0.5, 0.6) is 0 Å². The Labute approximate surface area is 124 Å². The van der Waals surface area contributed by atoms with Crippen molar-refractivity contribution in [2.24, 2.45) is 5.73 Å². The highest BCUT2D eigenvalue weighted by Crippen LogP contribution is 2.41. The number of benzene rings is 2. The third kappa shape index (κ3) is 1.96. The van der Waals surface area contributed by atoms with Crippen molar-refractivity contribution in [1.29, 1.82) is 0 Å². The van der Waals surface area contributed by atoms with E-state index in [2.05, 4.69) is 41.8 Å². The molecule has 0 amide bonds. The van der Waals surface area contributed by atoms with Crippen molar-refractivity contribution in [2.75, 3.05) is 0 Å². The van der Waals surface area contributed by atoms with Gasteiger partial charge in [0.05, 0.1) is 16.6 Å². The third-order valence-electron chi connectivity index (χ3n) is 4.35. The molecule has 3 nitrogen and oxygen atoms in total. The Balaban J connectivity index is 1.95. The molecule has 106 valence electrons. The molecule has 1 saturated carbocycles. The Morgan fingerprint density at radius 2 is 1.71 bits per heavy atom. The molecule has 0 aliphatic heterocycles. The molecule has 3 aromatic rings. The van der Waals surface area contributed by atoms with Crippen molar-refractivity contribution in [3.8, 4) is 0 Å². The van der Waals surface area contributed by atoms with E-state index in [1.807, 2.05) is 24.3 Å². The molecule has 1 aliphatic rings. The molecule has 1 aromatic heterocycles. The first-order valence-corrected chi connectivity index (χ1v) is 7.50. The fourth-order valence-corrected chi connectivity index (χ4v) is 3.03. The van der Waals surface area contributed by atoms with Crippen LogP contribution >= 0.6 is 0 Å². The van der Waals surface area contributed by atoms with E-state index in [9.17, 15) is 0 Å². The number of hydrogen-bond acceptors (Lipinski definition) is 2. The van der Waals surface area contributed by atoms with Gasteiger partial charge < -0.3 is 10.3 Å². The average molecular weight is 277 g/mol. The van der Waals surface area contributed by atoms with E-state index in [1.54, 1.807) is 0 Å². The zero-order valence-corrected chi connectivity index (χ0v) is 12.2. The lowest BCUT2D eigenvalue weighted by atomic mass is 9.92. The summed E-state index contributed by atoms with van der Waals surface area (Å²) in [5.41, 5.74) is 9.46. The molecule has 1 heterocycles. The zero-order valence-electron chi connectivity index (χ0n) is 12.2. The smallest absolute Gasteiger partial charge is 0.134 e. The number of imidazole rings is 1. The quantitative estimate of drug-likeness (QED) is 0.795. The van der Waals surface area contributed by atoms with Gasteiger partial charge in [0.15, 0.2) is 0 Å². The molecule has 3 heteroatoms. The van der Waals surface area contributed by atoms with Crippen LogP contribution < -0.4 is 5.73 Å². The number of rotatable bonds is 3. The van der Waals surface area contributed by atoms with Crippen LogP contribution in [0.4, 0.5) is 0 Å². The number of para-hydroxylation sites is 2. The van der Waals surface area contributed by atoms with Crippen molar-refractivity contribution in [1.82, 2.24) is 9.55 Å². The van der Waals surface area contributed by atoms with Crippen LogP contribution in [0.1, 0.15) is 37.2 Å². The lowest BCUT2D eigenvalue weighted by Crippen LogP contribution is -2.37. The van der Waals surface area contributed by atoms with Gasteiger partial charge in [-0.3, -0.25) is 0 Å².